The fraction of sp³-hybridized carbons (Fsp3) is 0.0417. The summed E-state index contributed by atoms with van der Waals surface area (Å²) < 4.78 is 0. The Morgan fingerprint density at radius 3 is 2.44 bits per heavy atom. The molecule has 0 saturated heterocycles. The molecule has 0 radical (unpaired) electrons. The normalized spacial score (nSPS) is 10.6. The Morgan fingerprint density at radius 2 is 1.69 bits per heavy atom. The zero-order valence-electron chi connectivity index (χ0n) is 16.8. The van der Waals surface area contributed by atoms with Gasteiger partial charge in [-0.05, 0) is 48.9 Å². The first-order chi connectivity index (χ1) is 15.4. The number of aromatic nitrogens is 1. The Kier molecular flexibility index (Phi) is 6.52. The summed E-state index contributed by atoms with van der Waals surface area (Å²) in [6.45, 7) is 1.92. The maximum Gasteiger partial charge on any atom is 0.323 e. The van der Waals surface area contributed by atoms with Crippen molar-refractivity contribution in [3.8, 4) is 6.07 Å². The quantitative estimate of drug-likeness (QED) is 0.317. The molecule has 158 valence electrons. The minimum atomic E-state index is -0.445. The SMILES string of the molecule is Cc1c(C#N)c(Sc2ccccc2NC(=O)Nc2cc(Cl)cc(Cl)c2)nc2ccccc12. The molecule has 8 heteroatoms. The van der Waals surface area contributed by atoms with Gasteiger partial charge < -0.3 is 10.6 Å². The molecule has 1 heterocycles. The Bertz CT molecular complexity index is 1360. The van der Waals surface area contributed by atoms with Gasteiger partial charge in [0, 0.05) is 26.0 Å². The third-order valence-corrected chi connectivity index (χ3v) is 6.19. The second-order valence-corrected chi connectivity index (χ2v) is 8.78. The van der Waals surface area contributed by atoms with E-state index in [1.807, 2.05) is 49.4 Å². The molecule has 0 aliphatic carbocycles. The third-order valence-electron chi connectivity index (χ3n) is 4.69. The van der Waals surface area contributed by atoms with E-state index < -0.39 is 6.03 Å². The number of hydrogen-bond acceptors (Lipinski definition) is 4. The molecule has 4 aromatic rings. The average molecular weight is 479 g/mol. The molecule has 0 unspecified atom stereocenters. The van der Waals surface area contributed by atoms with E-state index >= 15 is 0 Å². The molecule has 0 bridgehead atoms. The average Bonchev–Trinajstić information content (AvgIpc) is 2.74. The van der Waals surface area contributed by atoms with Crippen molar-refractivity contribution < 1.29 is 4.79 Å². The first kappa shape index (κ1) is 22.0. The summed E-state index contributed by atoms with van der Waals surface area (Å²) in [5.41, 5.74) is 3.26. The van der Waals surface area contributed by atoms with Crippen LogP contribution in [0.2, 0.25) is 10.0 Å². The lowest BCUT2D eigenvalue weighted by molar-refractivity contribution is 0.262. The molecule has 3 aromatic carbocycles. The van der Waals surface area contributed by atoms with Gasteiger partial charge in [0.25, 0.3) is 0 Å². The molecule has 32 heavy (non-hydrogen) atoms. The number of carbonyl (C=O) groups excluding carboxylic acids is 1. The molecule has 4 rings (SSSR count). The van der Waals surface area contributed by atoms with Crippen molar-refractivity contribution in [2.75, 3.05) is 10.6 Å². The number of nitriles is 1. The number of aryl methyl sites for hydroxylation is 1. The van der Waals surface area contributed by atoms with Crippen molar-refractivity contribution in [2.45, 2.75) is 16.8 Å². The predicted octanol–water partition coefficient (Wildman–Crippen LogP) is 7.52. The van der Waals surface area contributed by atoms with E-state index in [4.69, 9.17) is 28.2 Å². The number of urea groups is 1. The summed E-state index contributed by atoms with van der Waals surface area (Å²) in [6, 6.07) is 21.7. The van der Waals surface area contributed by atoms with Crippen molar-refractivity contribution in [2.24, 2.45) is 0 Å². The summed E-state index contributed by atoms with van der Waals surface area (Å²) in [7, 11) is 0. The molecule has 0 saturated carbocycles. The van der Waals surface area contributed by atoms with Crippen molar-refractivity contribution >= 4 is 63.3 Å². The summed E-state index contributed by atoms with van der Waals surface area (Å²) in [4.78, 5) is 18.0. The van der Waals surface area contributed by atoms with E-state index in [1.54, 1.807) is 24.3 Å². The van der Waals surface area contributed by atoms with Gasteiger partial charge in [-0.1, -0.05) is 65.3 Å². The second-order valence-electron chi connectivity index (χ2n) is 6.88. The van der Waals surface area contributed by atoms with Crippen LogP contribution in [0.15, 0.2) is 76.7 Å². The summed E-state index contributed by atoms with van der Waals surface area (Å²) in [6.07, 6.45) is 0. The summed E-state index contributed by atoms with van der Waals surface area (Å²) in [5, 5.41) is 17.7. The van der Waals surface area contributed by atoms with Gasteiger partial charge in [0.2, 0.25) is 0 Å². The van der Waals surface area contributed by atoms with Crippen molar-refractivity contribution in [1.29, 1.82) is 5.26 Å². The molecule has 0 atom stereocenters. The van der Waals surface area contributed by atoms with Gasteiger partial charge in [0.05, 0.1) is 16.8 Å². The highest BCUT2D eigenvalue weighted by Crippen LogP contribution is 2.37. The van der Waals surface area contributed by atoms with Crippen LogP contribution in [0.25, 0.3) is 10.9 Å². The molecule has 0 aliphatic heterocycles. The zero-order chi connectivity index (χ0) is 22.7. The van der Waals surface area contributed by atoms with E-state index in [0.29, 0.717) is 32.0 Å². The molecule has 1 aromatic heterocycles. The number of anilines is 2. The van der Waals surface area contributed by atoms with Crippen LogP contribution in [0, 0.1) is 18.3 Å². The molecular formula is C24H16Cl2N4OS. The number of halogens is 2. The number of pyridine rings is 1. The van der Waals surface area contributed by atoms with E-state index in [1.165, 1.54) is 11.8 Å². The van der Waals surface area contributed by atoms with Crippen LogP contribution in [0.1, 0.15) is 11.1 Å². The standard InChI is InChI=1S/C24H16Cl2N4OS/c1-14-18-6-2-3-7-20(18)29-23(19(14)13-27)32-22-9-5-4-8-21(22)30-24(31)28-17-11-15(25)10-16(26)12-17/h2-12H,1H3,(H2,28,30,31). The highest BCUT2D eigenvalue weighted by atomic mass is 35.5. The monoisotopic (exact) mass is 478 g/mol. The van der Waals surface area contributed by atoms with Crippen LogP contribution in [0.5, 0.6) is 0 Å². The largest absolute Gasteiger partial charge is 0.323 e. The second kappa shape index (κ2) is 9.49. The third kappa shape index (κ3) is 4.81. The Hall–Kier alpha value is -3.24. The lowest BCUT2D eigenvalue weighted by atomic mass is 10.1. The van der Waals surface area contributed by atoms with Crippen molar-refractivity contribution in [3.05, 3.63) is 87.9 Å². The molecular weight excluding hydrogens is 463 g/mol. The van der Waals surface area contributed by atoms with Gasteiger partial charge in [-0.3, -0.25) is 0 Å². The molecule has 0 spiro atoms. The number of fused-ring (bicyclic) bond motifs is 1. The Morgan fingerprint density at radius 1 is 1.00 bits per heavy atom. The van der Waals surface area contributed by atoms with Crippen molar-refractivity contribution in [3.63, 3.8) is 0 Å². The number of nitrogens with zero attached hydrogens (tertiary/aromatic N) is 2. The van der Waals surface area contributed by atoms with E-state index in [0.717, 1.165) is 21.4 Å². The minimum Gasteiger partial charge on any atom is -0.308 e. The first-order valence-corrected chi connectivity index (χ1v) is 11.1. The molecule has 0 aliphatic rings. The van der Waals surface area contributed by atoms with Gasteiger partial charge in [-0.25, -0.2) is 9.78 Å². The van der Waals surface area contributed by atoms with E-state index in [9.17, 15) is 10.1 Å². The van der Waals surface area contributed by atoms with Crippen LogP contribution < -0.4 is 10.6 Å². The Labute approximate surface area is 199 Å². The molecule has 2 N–H and O–H groups in total. The predicted molar refractivity (Wildman–Crippen MR) is 131 cm³/mol. The highest BCUT2D eigenvalue weighted by molar-refractivity contribution is 7.99. The fourth-order valence-corrected chi connectivity index (χ4v) is 4.78. The van der Waals surface area contributed by atoms with Gasteiger partial charge in [-0.15, -0.1) is 0 Å². The number of hydrogen-bond donors (Lipinski definition) is 2. The number of nitrogens with one attached hydrogen (secondary N) is 2. The first-order valence-electron chi connectivity index (χ1n) is 9.55. The lowest BCUT2D eigenvalue weighted by Gasteiger charge is -2.13. The maximum atomic E-state index is 12.6. The van der Waals surface area contributed by atoms with Crippen LogP contribution in [0.4, 0.5) is 16.2 Å². The topological polar surface area (TPSA) is 77.8 Å². The van der Waals surface area contributed by atoms with Crippen LogP contribution in [-0.2, 0) is 0 Å². The van der Waals surface area contributed by atoms with Crippen molar-refractivity contribution in [1.82, 2.24) is 4.98 Å². The van der Waals surface area contributed by atoms with Crippen LogP contribution in [-0.4, -0.2) is 11.0 Å². The maximum absolute atomic E-state index is 12.6. The van der Waals surface area contributed by atoms with Gasteiger partial charge in [0.15, 0.2) is 0 Å². The number of amides is 2. The van der Waals surface area contributed by atoms with E-state index in [2.05, 4.69) is 16.7 Å². The highest BCUT2D eigenvalue weighted by Gasteiger charge is 2.15. The fourth-order valence-electron chi connectivity index (χ4n) is 3.23. The number of para-hydroxylation sites is 2. The molecule has 5 nitrogen and oxygen atoms in total. The van der Waals surface area contributed by atoms with Gasteiger partial charge in [0.1, 0.15) is 11.1 Å². The van der Waals surface area contributed by atoms with Crippen LogP contribution in [0.3, 0.4) is 0 Å². The van der Waals surface area contributed by atoms with E-state index in [-0.39, 0.29) is 0 Å². The lowest BCUT2D eigenvalue weighted by Crippen LogP contribution is -2.19. The van der Waals surface area contributed by atoms with Crippen LogP contribution >= 0.6 is 35.0 Å². The number of benzene rings is 3. The summed E-state index contributed by atoms with van der Waals surface area (Å²) in [5.74, 6) is 0. The Balaban J connectivity index is 1.62. The minimum absolute atomic E-state index is 0.422. The molecule has 2 amide bonds. The summed E-state index contributed by atoms with van der Waals surface area (Å²) >= 11 is 13.3. The zero-order valence-corrected chi connectivity index (χ0v) is 19.1. The van der Waals surface area contributed by atoms with Gasteiger partial charge in [-0.2, -0.15) is 5.26 Å². The molecule has 0 fully saturated rings. The number of carbonyl (C=O) groups is 1. The smallest absolute Gasteiger partial charge is 0.308 e. The number of rotatable bonds is 4. The van der Waals surface area contributed by atoms with Gasteiger partial charge >= 0.3 is 6.03 Å².